The van der Waals surface area contributed by atoms with Gasteiger partial charge in [0.25, 0.3) is 5.91 Å². The van der Waals surface area contributed by atoms with Crippen molar-refractivity contribution in [1.82, 2.24) is 9.21 Å². The van der Waals surface area contributed by atoms with Crippen LogP contribution in [0.1, 0.15) is 43.0 Å². The van der Waals surface area contributed by atoms with E-state index in [-0.39, 0.29) is 23.0 Å². The summed E-state index contributed by atoms with van der Waals surface area (Å²) in [5.41, 5.74) is 0.134. The van der Waals surface area contributed by atoms with Gasteiger partial charge in [0.1, 0.15) is 0 Å². The van der Waals surface area contributed by atoms with Crippen LogP contribution in [-0.2, 0) is 19.6 Å². The molecule has 0 unspecified atom stereocenters. The highest BCUT2D eigenvalue weighted by Gasteiger charge is 2.28. The number of piperidine rings is 1. The molecule has 148 valence electrons. The molecule has 0 saturated carbocycles. The Balaban J connectivity index is 1.62. The molecule has 7 nitrogen and oxygen atoms in total. The van der Waals surface area contributed by atoms with Gasteiger partial charge in [0.05, 0.1) is 10.5 Å². The van der Waals surface area contributed by atoms with Crippen LogP contribution in [-0.4, -0.2) is 62.3 Å². The van der Waals surface area contributed by atoms with Crippen LogP contribution in [0.25, 0.3) is 0 Å². The van der Waals surface area contributed by atoms with Gasteiger partial charge in [0.15, 0.2) is 6.61 Å². The predicted octanol–water partition coefficient (Wildman–Crippen LogP) is 1.89. The molecule has 0 N–H and O–H groups in total. The van der Waals surface area contributed by atoms with Crippen molar-refractivity contribution in [3.8, 4) is 0 Å². The summed E-state index contributed by atoms with van der Waals surface area (Å²) in [5.74, 6) is -0.450. The molecule has 1 amide bonds. The highest BCUT2D eigenvalue weighted by Crippen LogP contribution is 2.22. The zero-order valence-electron chi connectivity index (χ0n) is 15.6. The number of carbonyl (C=O) groups is 2. The number of rotatable bonds is 5. The fraction of sp³-hybridized carbons (Fsp3) is 0.579. The molecule has 2 aliphatic rings. The van der Waals surface area contributed by atoms with E-state index < -0.39 is 16.0 Å². The van der Waals surface area contributed by atoms with Gasteiger partial charge in [0.2, 0.25) is 10.0 Å². The third kappa shape index (κ3) is 4.68. The van der Waals surface area contributed by atoms with E-state index in [0.29, 0.717) is 32.1 Å². The normalized spacial score (nSPS) is 21.2. The Bertz CT molecular complexity index is 802. The van der Waals surface area contributed by atoms with E-state index in [1.54, 1.807) is 4.90 Å². The summed E-state index contributed by atoms with van der Waals surface area (Å²) in [6.45, 7) is 4.14. The number of sulfonamides is 1. The lowest BCUT2D eigenvalue weighted by Crippen LogP contribution is -2.41. The number of carbonyl (C=O) groups excluding carboxylic acids is 2. The lowest BCUT2D eigenvalue weighted by atomic mass is 10.0. The van der Waals surface area contributed by atoms with E-state index in [1.165, 1.54) is 28.6 Å². The monoisotopic (exact) mass is 394 g/mol. The van der Waals surface area contributed by atoms with Crippen molar-refractivity contribution in [3.05, 3.63) is 29.8 Å². The number of ether oxygens (including phenoxy) is 1. The quantitative estimate of drug-likeness (QED) is 0.712. The Hall–Kier alpha value is -1.93. The fourth-order valence-electron chi connectivity index (χ4n) is 3.58. The first-order chi connectivity index (χ1) is 12.9. The highest BCUT2D eigenvalue weighted by atomic mass is 32.2. The molecule has 3 rings (SSSR count). The molecule has 0 aliphatic carbocycles. The van der Waals surface area contributed by atoms with Crippen LogP contribution in [0.3, 0.4) is 0 Å². The van der Waals surface area contributed by atoms with Crippen LogP contribution in [0.2, 0.25) is 0 Å². The van der Waals surface area contributed by atoms with Crippen molar-refractivity contribution < 1.29 is 22.7 Å². The maximum Gasteiger partial charge on any atom is 0.338 e. The zero-order chi connectivity index (χ0) is 19.4. The molecule has 2 saturated heterocycles. The second-order valence-corrected chi connectivity index (χ2v) is 9.24. The number of esters is 1. The molecule has 2 fully saturated rings. The predicted molar refractivity (Wildman–Crippen MR) is 99.7 cm³/mol. The van der Waals surface area contributed by atoms with Crippen LogP contribution in [0.4, 0.5) is 0 Å². The average Bonchev–Trinajstić information content (AvgIpc) is 3.21. The molecule has 2 heterocycles. The van der Waals surface area contributed by atoms with Gasteiger partial charge in [0, 0.05) is 26.2 Å². The number of likely N-dealkylation sites (tertiary alicyclic amines) is 1. The molecule has 0 aromatic heterocycles. The van der Waals surface area contributed by atoms with Gasteiger partial charge < -0.3 is 9.64 Å². The van der Waals surface area contributed by atoms with Gasteiger partial charge in [-0.25, -0.2) is 13.2 Å². The molecule has 1 aromatic carbocycles. The van der Waals surface area contributed by atoms with Gasteiger partial charge in [-0.15, -0.1) is 0 Å². The van der Waals surface area contributed by atoms with Crippen molar-refractivity contribution in [3.63, 3.8) is 0 Å². The van der Waals surface area contributed by atoms with E-state index >= 15 is 0 Å². The van der Waals surface area contributed by atoms with E-state index in [4.69, 9.17) is 4.74 Å². The van der Waals surface area contributed by atoms with E-state index in [2.05, 4.69) is 6.92 Å². The second-order valence-electron chi connectivity index (χ2n) is 7.30. The molecule has 8 heteroatoms. The molecule has 1 atom stereocenters. The minimum absolute atomic E-state index is 0.0787. The minimum atomic E-state index is -3.60. The summed E-state index contributed by atoms with van der Waals surface area (Å²) in [5, 5.41) is 0. The second kappa shape index (κ2) is 8.39. The van der Waals surface area contributed by atoms with Crippen LogP contribution in [0.5, 0.6) is 0 Å². The molecule has 27 heavy (non-hydrogen) atoms. The summed E-state index contributed by atoms with van der Waals surface area (Å²) in [4.78, 5) is 26.3. The molecule has 1 aromatic rings. The first-order valence-electron chi connectivity index (χ1n) is 9.43. The summed E-state index contributed by atoms with van der Waals surface area (Å²) in [6, 6.07) is 5.82. The molecular formula is C19H26N2O5S. The standard InChI is InChI=1S/C19H26N2O5S/c1-15-6-5-9-20(13-15)18(22)14-26-19(23)16-7-4-8-17(12-16)27(24,25)21-10-2-3-11-21/h4,7-8,12,15H,2-3,5-6,9-11,13-14H2,1H3/t15-/m1/s1. The molecule has 0 radical (unpaired) electrons. The Kier molecular flexibility index (Phi) is 6.16. The van der Waals surface area contributed by atoms with Gasteiger partial charge in [-0.1, -0.05) is 13.0 Å². The van der Waals surface area contributed by atoms with Crippen molar-refractivity contribution >= 4 is 21.9 Å². The summed E-state index contributed by atoms with van der Waals surface area (Å²) in [6.07, 6.45) is 3.75. The minimum Gasteiger partial charge on any atom is -0.452 e. The Morgan fingerprint density at radius 1 is 1.15 bits per heavy atom. The van der Waals surface area contributed by atoms with Crippen molar-refractivity contribution in [2.45, 2.75) is 37.5 Å². The summed E-state index contributed by atoms with van der Waals surface area (Å²) >= 11 is 0. The highest BCUT2D eigenvalue weighted by molar-refractivity contribution is 7.89. The van der Waals surface area contributed by atoms with Crippen LogP contribution < -0.4 is 0 Å². The maximum absolute atomic E-state index is 12.6. The Morgan fingerprint density at radius 3 is 2.59 bits per heavy atom. The van der Waals surface area contributed by atoms with Gasteiger partial charge in [-0.3, -0.25) is 4.79 Å². The smallest absolute Gasteiger partial charge is 0.338 e. The van der Waals surface area contributed by atoms with E-state index in [1.807, 2.05) is 0 Å². The number of hydrogen-bond acceptors (Lipinski definition) is 5. The van der Waals surface area contributed by atoms with Crippen LogP contribution in [0.15, 0.2) is 29.2 Å². The van der Waals surface area contributed by atoms with Crippen molar-refractivity contribution in [2.24, 2.45) is 5.92 Å². The molecule has 0 spiro atoms. The SMILES string of the molecule is C[C@@H]1CCCN(C(=O)COC(=O)c2cccc(S(=O)(=O)N3CCCC3)c2)C1. The molecule has 2 aliphatic heterocycles. The van der Waals surface area contributed by atoms with E-state index in [9.17, 15) is 18.0 Å². The Labute approximate surface area is 160 Å². The topological polar surface area (TPSA) is 84.0 Å². The number of hydrogen-bond donors (Lipinski definition) is 0. The zero-order valence-corrected chi connectivity index (χ0v) is 16.4. The van der Waals surface area contributed by atoms with Crippen LogP contribution >= 0.6 is 0 Å². The largest absolute Gasteiger partial charge is 0.452 e. The van der Waals surface area contributed by atoms with Gasteiger partial charge in [-0.05, 0) is 49.8 Å². The van der Waals surface area contributed by atoms with Crippen molar-refractivity contribution in [2.75, 3.05) is 32.8 Å². The van der Waals surface area contributed by atoms with Gasteiger partial charge >= 0.3 is 5.97 Å². The third-order valence-electron chi connectivity index (χ3n) is 5.11. The number of benzene rings is 1. The fourth-order valence-corrected chi connectivity index (χ4v) is 5.14. The van der Waals surface area contributed by atoms with Crippen LogP contribution in [0, 0.1) is 5.92 Å². The van der Waals surface area contributed by atoms with Crippen molar-refractivity contribution in [1.29, 1.82) is 0 Å². The summed E-state index contributed by atoms with van der Waals surface area (Å²) in [7, 11) is -3.60. The Morgan fingerprint density at radius 2 is 1.89 bits per heavy atom. The summed E-state index contributed by atoms with van der Waals surface area (Å²) < 4.78 is 31.8. The molecule has 0 bridgehead atoms. The third-order valence-corrected chi connectivity index (χ3v) is 7.00. The molecular weight excluding hydrogens is 368 g/mol. The first kappa shape index (κ1) is 19.8. The first-order valence-corrected chi connectivity index (χ1v) is 10.9. The lowest BCUT2D eigenvalue weighted by molar-refractivity contribution is -0.136. The van der Waals surface area contributed by atoms with Gasteiger partial charge in [-0.2, -0.15) is 4.31 Å². The maximum atomic E-state index is 12.6. The lowest BCUT2D eigenvalue weighted by Gasteiger charge is -2.30. The number of nitrogens with zero attached hydrogens (tertiary/aromatic N) is 2. The average molecular weight is 394 g/mol. The van der Waals surface area contributed by atoms with E-state index in [0.717, 1.165) is 25.7 Å². The number of amides is 1.